The van der Waals surface area contributed by atoms with Crippen LogP contribution in [0.25, 0.3) is 0 Å². The van der Waals surface area contributed by atoms with Gasteiger partial charge in [-0.15, -0.1) is 11.3 Å². The van der Waals surface area contributed by atoms with Gasteiger partial charge in [0.05, 0.1) is 11.7 Å². The normalized spacial score (nSPS) is 15.1. The van der Waals surface area contributed by atoms with Crippen molar-refractivity contribution >= 4 is 33.8 Å². The van der Waals surface area contributed by atoms with E-state index in [0.717, 1.165) is 18.0 Å². The maximum atomic E-state index is 5.40. The van der Waals surface area contributed by atoms with Gasteiger partial charge in [-0.2, -0.15) is 0 Å². The number of anilines is 1. The highest BCUT2D eigenvalue weighted by Gasteiger charge is 2.16. The number of thiazole rings is 1. The van der Waals surface area contributed by atoms with E-state index in [2.05, 4.69) is 34.7 Å². The second-order valence-corrected chi connectivity index (χ2v) is 6.82. The highest BCUT2D eigenvalue weighted by atomic mass is 32.1. The third-order valence-corrected chi connectivity index (χ3v) is 5.01. The molecule has 1 aliphatic carbocycles. The van der Waals surface area contributed by atoms with E-state index in [-0.39, 0.29) is 6.04 Å². The first kappa shape index (κ1) is 14.5. The van der Waals surface area contributed by atoms with E-state index < -0.39 is 0 Å². The van der Waals surface area contributed by atoms with Crippen molar-refractivity contribution in [2.24, 2.45) is 0 Å². The fourth-order valence-electron chi connectivity index (χ4n) is 2.56. The Bertz CT molecular complexity index is 598. The van der Waals surface area contributed by atoms with E-state index in [0.29, 0.717) is 5.11 Å². The predicted octanol–water partition coefficient (Wildman–Crippen LogP) is 4.07. The number of nitrogens with zero attached hydrogens (tertiary/aromatic N) is 1. The van der Waals surface area contributed by atoms with Crippen molar-refractivity contribution in [2.75, 3.05) is 5.32 Å². The standard InChI is InChI=1S/C16H19N3S2/c1-11(12-7-3-2-4-8-12)17-15(20)19-16-18-13-9-5-6-10-14(13)21-16/h2-4,7-8,11H,5-6,9-10H2,1H3,(H2,17,18,19,20). The lowest BCUT2D eigenvalue weighted by Gasteiger charge is -2.16. The number of thiocarbonyl (C=S) groups is 1. The SMILES string of the molecule is CC(NC(=S)Nc1nc2c(s1)CCCC2)c1ccccc1. The summed E-state index contributed by atoms with van der Waals surface area (Å²) in [5.41, 5.74) is 2.48. The molecule has 0 spiro atoms. The molecule has 0 amide bonds. The number of hydrogen-bond acceptors (Lipinski definition) is 3. The van der Waals surface area contributed by atoms with Gasteiger partial charge in [0.25, 0.3) is 0 Å². The van der Waals surface area contributed by atoms with Gasteiger partial charge in [-0.05, 0) is 50.4 Å². The molecule has 1 atom stereocenters. The molecule has 0 radical (unpaired) electrons. The first-order valence-corrected chi connectivity index (χ1v) is 8.56. The molecule has 0 fully saturated rings. The molecule has 5 heteroatoms. The third-order valence-electron chi connectivity index (χ3n) is 3.71. The number of aromatic nitrogens is 1. The lowest BCUT2D eigenvalue weighted by Crippen LogP contribution is -2.30. The molecule has 0 aliphatic heterocycles. The van der Waals surface area contributed by atoms with E-state index in [9.17, 15) is 0 Å². The lowest BCUT2D eigenvalue weighted by molar-refractivity contribution is 0.682. The summed E-state index contributed by atoms with van der Waals surface area (Å²) in [5.74, 6) is 0. The van der Waals surface area contributed by atoms with Crippen molar-refractivity contribution in [1.29, 1.82) is 0 Å². The molecule has 2 N–H and O–H groups in total. The summed E-state index contributed by atoms with van der Waals surface area (Å²) in [6, 6.07) is 10.5. The van der Waals surface area contributed by atoms with Gasteiger partial charge in [-0.3, -0.25) is 0 Å². The topological polar surface area (TPSA) is 37.0 Å². The molecular formula is C16H19N3S2. The average molecular weight is 317 g/mol. The number of rotatable bonds is 3. The first-order valence-electron chi connectivity index (χ1n) is 7.33. The predicted molar refractivity (Wildman–Crippen MR) is 93.0 cm³/mol. The highest BCUT2D eigenvalue weighted by molar-refractivity contribution is 7.80. The van der Waals surface area contributed by atoms with Crippen LogP contribution in [0.15, 0.2) is 30.3 Å². The van der Waals surface area contributed by atoms with Gasteiger partial charge in [0.2, 0.25) is 0 Å². The quantitative estimate of drug-likeness (QED) is 0.837. The van der Waals surface area contributed by atoms with Crippen molar-refractivity contribution in [3.63, 3.8) is 0 Å². The molecule has 1 unspecified atom stereocenters. The molecule has 1 aliphatic rings. The molecule has 3 nitrogen and oxygen atoms in total. The number of aryl methyl sites for hydroxylation is 2. The Kier molecular flexibility index (Phi) is 4.51. The minimum absolute atomic E-state index is 0.181. The van der Waals surface area contributed by atoms with Crippen molar-refractivity contribution in [2.45, 2.75) is 38.6 Å². The van der Waals surface area contributed by atoms with Crippen molar-refractivity contribution < 1.29 is 0 Å². The summed E-state index contributed by atoms with van der Waals surface area (Å²) in [6.45, 7) is 2.11. The lowest BCUT2D eigenvalue weighted by atomic mass is 10.0. The van der Waals surface area contributed by atoms with E-state index in [1.807, 2.05) is 18.2 Å². The Labute approximate surface area is 134 Å². The zero-order valence-electron chi connectivity index (χ0n) is 12.1. The van der Waals surface area contributed by atoms with Crippen molar-refractivity contribution in [3.05, 3.63) is 46.5 Å². The summed E-state index contributed by atoms with van der Waals surface area (Å²) in [4.78, 5) is 6.07. The Morgan fingerprint density at radius 3 is 2.76 bits per heavy atom. The van der Waals surface area contributed by atoms with Crippen LogP contribution in [0.2, 0.25) is 0 Å². The summed E-state index contributed by atoms with van der Waals surface area (Å²) >= 11 is 7.13. The highest BCUT2D eigenvalue weighted by Crippen LogP contribution is 2.29. The fraction of sp³-hybridized carbons (Fsp3) is 0.375. The van der Waals surface area contributed by atoms with Crippen molar-refractivity contribution in [1.82, 2.24) is 10.3 Å². The Morgan fingerprint density at radius 2 is 2.00 bits per heavy atom. The van der Waals surface area contributed by atoms with E-state index >= 15 is 0 Å². The van der Waals surface area contributed by atoms with Crippen LogP contribution in [-0.2, 0) is 12.8 Å². The molecule has 21 heavy (non-hydrogen) atoms. The molecule has 1 aromatic carbocycles. The van der Waals surface area contributed by atoms with Crippen LogP contribution in [0.3, 0.4) is 0 Å². The average Bonchev–Trinajstić information content (AvgIpc) is 2.90. The van der Waals surface area contributed by atoms with Crippen LogP contribution in [-0.4, -0.2) is 10.1 Å². The van der Waals surface area contributed by atoms with Gasteiger partial charge < -0.3 is 10.6 Å². The van der Waals surface area contributed by atoms with Gasteiger partial charge in [0, 0.05) is 4.88 Å². The molecule has 0 saturated heterocycles. The van der Waals surface area contributed by atoms with Gasteiger partial charge in [0.1, 0.15) is 0 Å². The molecule has 0 saturated carbocycles. The number of hydrogen-bond donors (Lipinski definition) is 2. The maximum absolute atomic E-state index is 5.40. The van der Waals surface area contributed by atoms with Crippen LogP contribution in [0.1, 0.15) is 41.9 Å². The third kappa shape index (κ3) is 3.60. The largest absolute Gasteiger partial charge is 0.356 e. The van der Waals surface area contributed by atoms with Gasteiger partial charge >= 0.3 is 0 Å². The molecule has 110 valence electrons. The maximum Gasteiger partial charge on any atom is 0.189 e. The van der Waals surface area contributed by atoms with Gasteiger partial charge in [-0.25, -0.2) is 4.98 Å². The van der Waals surface area contributed by atoms with Crippen LogP contribution in [0.4, 0.5) is 5.13 Å². The van der Waals surface area contributed by atoms with E-state index in [4.69, 9.17) is 12.2 Å². The second kappa shape index (κ2) is 6.54. The van der Waals surface area contributed by atoms with E-state index in [1.54, 1.807) is 11.3 Å². The molecular weight excluding hydrogens is 298 g/mol. The zero-order valence-corrected chi connectivity index (χ0v) is 13.7. The summed E-state index contributed by atoms with van der Waals surface area (Å²) < 4.78 is 0. The Balaban J connectivity index is 1.60. The smallest absolute Gasteiger partial charge is 0.189 e. The van der Waals surface area contributed by atoms with Gasteiger partial charge in [-0.1, -0.05) is 30.3 Å². The van der Waals surface area contributed by atoms with Crippen LogP contribution in [0.5, 0.6) is 0 Å². The van der Waals surface area contributed by atoms with Gasteiger partial charge in [0.15, 0.2) is 10.2 Å². The second-order valence-electron chi connectivity index (χ2n) is 5.33. The molecule has 2 aromatic rings. The summed E-state index contributed by atoms with van der Waals surface area (Å²) in [7, 11) is 0. The minimum atomic E-state index is 0.181. The monoisotopic (exact) mass is 317 g/mol. The van der Waals surface area contributed by atoms with E-state index in [1.165, 1.54) is 29.0 Å². The van der Waals surface area contributed by atoms with Crippen LogP contribution >= 0.6 is 23.6 Å². The summed E-state index contributed by atoms with van der Waals surface area (Å²) in [6.07, 6.45) is 4.80. The Morgan fingerprint density at radius 1 is 1.24 bits per heavy atom. The number of benzene rings is 1. The zero-order chi connectivity index (χ0) is 14.7. The molecule has 1 heterocycles. The number of nitrogens with one attached hydrogen (secondary N) is 2. The molecule has 3 rings (SSSR count). The van der Waals surface area contributed by atoms with Crippen LogP contribution < -0.4 is 10.6 Å². The van der Waals surface area contributed by atoms with Crippen molar-refractivity contribution in [3.8, 4) is 0 Å². The van der Waals surface area contributed by atoms with Crippen LogP contribution in [0, 0.1) is 0 Å². The minimum Gasteiger partial charge on any atom is -0.356 e. The molecule has 0 bridgehead atoms. The Hall–Kier alpha value is -1.46. The fourth-order valence-corrected chi connectivity index (χ4v) is 3.95. The molecule has 1 aromatic heterocycles. The summed E-state index contributed by atoms with van der Waals surface area (Å²) in [5, 5.41) is 8.09. The first-order chi connectivity index (χ1) is 10.2. The number of fused-ring (bicyclic) bond motifs is 1.